The quantitative estimate of drug-likeness (QED) is 0.776. The lowest BCUT2D eigenvalue weighted by Gasteiger charge is -2.40. The first-order valence-corrected chi connectivity index (χ1v) is 7.21. The minimum absolute atomic E-state index is 0.236. The second-order valence-electron chi connectivity index (χ2n) is 5.30. The molecule has 0 aliphatic carbocycles. The number of piperazine rings is 2. The number of nitrogens with one attached hydrogen (secondary N) is 1. The Kier molecular flexibility index (Phi) is 4.83. The van der Waals surface area contributed by atoms with Crippen LogP contribution >= 0.6 is 0 Å². The van der Waals surface area contributed by atoms with Gasteiger partial charge in [0.25, 0.3) is 0 Å². The van der Waals surface area contributed by atoms with E-state index in [-0.39, 0.29) is 6.03 Å². The summed E-state index contributed by atoms with van der Waals surface area (Å²) in [6.45, 7) is 11.9. The van der Waals surface area contributed by atoms with Gasteiger partial charge in [-0.25, -0.2) is 4.79 Å². The largest absolute Gasteiger partial charge is 0.322 e. The molecule has 0 aromatic heterocycles. The Labute approximate surface area is 110 Å². The first-order valence-electron chi connectivity index (χ1n) is 7.21. The molecular formula is C13H26N4O. The van der Waals surface area contributed by atoms with Crippen molar-refractivity contribution in [3.05, 3.63) is 0 Å². The highest BCUT2D eigenvalue weighted by Crippen LogP contribution is 2.10. The number of urea groups is 1. The molecule has 2 heterocycles. The molecule has 2 amide bonds. The van der Waals surface area contributed by atoms with Crippen LogP contribution in [0.3, 0.4) is 0 Å². The van der Waals surface area contributed by atoms with Crippen molar-refractivity contribution in [2.24, 2.45) is 0 Å². The number of carbonyl (C=O) groups is 1. The molecule has 0 spiro atoms. The highest BCUT2D eigenvalue weighted by molar-refractivity contribution is 5.74. The minimum Gasteiger partial charge on any atom is -0.322 e. The molecule has 1 N–H and O–H groups in total. The Balaban J connectivity index is 1.79. The van der Waals surface area contributed by atoms with Gasteiger partial charge < -0.3 is 15.1 Å². The van der Waals surface area contributed by atoms with Gasteiger partial charge in [-0.15, -0.1) is 0 Å². The maximum atomic E-state index is 12.3. The zero-order valence-electron chi connectivity index (χ0n) is 11.7. The fourth-order valence-corrected chi connectivity index (χ4v) is 2.67. The molecule has 18 heavy (non-hydrogen) atoms. The number of rotatable bonds is 2. The third-order valence-electron chi connectivity index (χ3n) is 4.19. The number of carbonyl (C=O) groups excluding carboxylic acids is 1. The van der Waals surface area contributed by atoms with Crippen LogP contribution in [0.2, 0.25) is 0 Å². The molecule has 5 heteroatoms. The van der Waals surface area contributed by atoms with Gasteiger partial charge in [-0.05, 0) is 13.3 Å². The highest BCUT2D eigenvalue weighted by Gasteiger charge is 2.27. The smallest absolute Gasteiger partial charge is 0.320 e. The summed E-state index contributed by atoms with van der Waals surface area (Å²) in [5, 5.41) is 3.28. The lowest BCUT2D eigenvalue weighted by Crippen LogP contribution is -2.57. The summed E-state index contributed by atoms with van der Waals surface area (Å²) in [5.74, 6) is 0. The van der Waals surface area contributed by atoms with Crippen LogP contribution in [0, 0.1) is 0 Å². The Bertz CT molecular complexity index is 270. The molecule has 0 aromatic rings. The van der Waals surface area contributed by atoms with E-state index in [0.29, 0.717) is 6.04 Å². The van der Waals surface area contributed by atoms with E-state index in [2.05, 4.69) is 24.1 Å². The van der Waals surface area contributed by atoms with E-state index in [1.165, 1.54) is 6.42 Å². The lowest BCUT2D eigenvalue weighted by atomic mass is 10.2. The summed E-state index contributed by atoms with van der Waals surface area (Å²) in [7, 11) is 0. The third-order valence-corrected chi connectivity index (χ3v) is 4.19. The van der Waals surface area contributed by atoms with Gasteiger partial charge in [0.15, 0.2) is 0 Å². The summed E-state index contributed by atoms with van der Waals surface area (Å²) in [6.07, 6.45) is 1.19. The van der Waals surface area contributed by atoms with Gasteiger partial charge in [-0.2, -0.15) is 0 Å². The van der Waals surface area contributed by atoms with Crippen LogP contribution in [0.15, 0.2) is 0 Å². The first kappa shape index (κ1) is 13.6. The zero-order chi connectivity index (χ0) is 13.0. The van der Waals surface area contributed by atoms with E-state index in [1.807, 2.05) is 9.80 Å². The summed E-state index contributed by atoms with van der Waals surface area (Å²) in [6, 6.07) is 0.877. The van der Waals surface area contributed by atoms with Crippen LogP contribution in [0.5, 0.6) is 0 Å². The summed E-state index contributed by atoms with van der Waals surface area (Å²) >= 11 is 0. The van der Waals surface area contributed by atoms with Crippen LogP contribution in [-0.2, 0) is 0 Å². The second kappa shape index (κ2) is 6.38. The normalized spacial score (nSPS) is 24.1. The van der Waals surface area contributed by atoms with Crippen LogP contribution in [0.1, 0.15) is 20.3 Å². The van der Waals surface area contributed by atoms with Crippen molar-refractivity contribution in [3.63, 3.8) is 0 Å². The van der Waals surface area contributed by atoms with Crippen molar-refractivity contribution in [3.8, 4) is 0 Å². The van der Waals surface area contributed by atoms with E-state index in [0.717, 1.165) is 52.4 Å². The summed E-state index contributed by atoms with van der Waals surface area (Å²) in [5.41, 5.74) is 0. The molecule has 1 atom stereocenters. The average Bonchev–Trinajstić information content (AvgIpc) is 2.47. The van der Waals surface area contributed by atoms with Crippen LogP contribution in [0.4, 0.5) is 4.79 Å². The minimum atomic E-state index is 0.236. The molecule has 0 radical (unpaired) electrons. The van der Waals surface area contributed by atoms with E-state index < -0.39 is 0 Å². The van der Waals surface area contributed by atoms with Gasteiger partial charge in [0.2, 0.25) is 0 Å². The van der Waals surface area contributed by atoms with Crippen LogP contribution in [-0.4, -0.2) is 79.1 Å². The number of hydrogen-bond acceptors (Lipinski definition) is 3. The molecule has 2 aliphatic heterocycles. The van der Waals surface area contributed by atoms with Gasteiger partial charge in [-0.1, -0.05) is 6.92 Å². The van der Waals surface area contributed by atoms with Crippen molar-refractivity contribution >= 4 is 6.03 Å². The number of hydrogen-bond donors (Lipinski definition) is 1. The monoisotopic (exact) mass is 254 g/mol. The molecular weight excluding hydrogens is 228 g/mol. The standard InChI is InChI=1S/C13H26N4O/c1-3-12(2)15-8-10-17(11-9-15)13(18)16-6-4-14-5-7-16/h12,14H,3-11H2,1-2H3. The molecule has 2 saturated heterocycles. The second-order valence-corrected chi connectivity index (χ2v) is 5.30. The van der Waals surface area contributed by atoms with E-state index in [1.54, 1.807) is 0 Å². The molecule has 0 aromatic carbocycles. The molecule has 0 bridgehead atoms. The molecule has 104 valence electrons. The Morgan fingerprint density at radius 2 is 1.61 bits per heavy atom. The first-order chi connectivity index (χ1) is 8.72. The number of nitrogens with zero attached hydrogens (tertiary/aromatic N) is 3. The molecule has 2 fully saturated rings. The highest BCUT2D eigenvalue weighted by atomic mass is 16.2. The molecule has 2 rings (SSSR count). The van der Waals surface area contributed by atoms with Crippen LogP contribution in [0.25, 0.3) is 0 Å². The predicted molar refractivity (Wildman–Crippen MR) is 72.7 cm³/mol. The number of amides is 2. The predicted octanol–water partition coefficient (Wildman–Crippen LogP) is 0.428. The lowest BCUT2D eigenvalue weighted by molar-refractivity contribution is 0.0915. The Hall–Kier alpha value is -0.810. The summed E-state index contributed by atoms with van der Waals surface area (Å²) in [4.78, 5) is 18.8. The fraction of sp³-hybridized carbons (Fsp3) is 0.923. The molecule has 0 saturated carbocycles. The fourth-order valence-electron chi connectivity index (χ4n) is 2.67. The van der Waals surface area contributed by atoms with Crippen molar-refractivity contribution in [1.29, 1.82) is 0 Å². The SMILES string of the molecule is CCC(C)N1CCN(C(=O)N2CCNCC2)CC1. The van der Waals surface area contributed by atoms with E-state index in [4.69, 9.17) is 0 Å². The topological polar surface area (TPSA) is 38.8 Å². The van der Waals surface area contributed by atoms with Crippen molar-refractivity contribution in [2.75, 3.05) is 52.4 Å². The van der Waals surface area contributed by atoms with Crippen molar-refractivity contribution in [2.45, 2.75) is 26.3 Å². The molecule has 2 aliphatic rings. The summed E-state index contributed by atoms with van der Waals surface area (Å²) < 4.78 is 0. The molecule has 1 unspecified atom stereocenters. The van der Waals surface area contributed by atoms with E-state index >= 15 is 0 Å². The third kappa shape index (κ3) is 3.14. The average molecular weight is 254 g/mol. The maximum absolute atomic E-state index is 12.3. The maximum Gasteiger partial charge on any atom is 0.320 e. The Morgan fingerprint density at radius 3 is 2.17 bits per heavy atom. The van der Waals surface area contributed by atoms with Crippen LogP contribution < -0.4 is 5.32 Å². The van der Waals surface area contributed by atoms with Gasteiger partial charge in [0, 0.05) is 58.4 Å². The van der Waals surface area contributed by atoms with Crippen molar-refractivity contribution < 1.29 is 4.79 Å². The zero-order valence-corrected chi connectivity index (χ0v) is 11.7. The van der Waals surface area contributed by atoms with Gasteiger partial charge >= 0.3 is 6.03 Å². The van der Waals surface area contributed by atoms with Gasteiger partial charge in [0.1, 0.15) is 0 Å². The molecule has 5 nitrogen and oxygen atoms in total. The van der Waals surface area contributed by atoms with E-state index in [9.17, 15) is 4.79 Å². The van der Waals surface area contributed by atoms with Crippen molar-refractivity contribution in [1.82, 2.24) is 20.0 Å². The van der Waals surface area contributed by atoms with Gasteiger partial charge in [-0.3, -0.25) is 4.90 Å². The van der Waals surface area contributed by atoms with Gasteiger partial charge in [0.05, 0.1) is 0 Å². The Morgan fingerprint density at radius 1 is 1.06 bits per heavy atom.